The summed E-state index contributed by atoms with van der Waals surface area (Å²) in [5.74, 6) is 1.24. The maximum Gasteiger partial charge on any atom is 0.221 e. The van der Waals surface area contributed by atoms with E-state index in [1.165, 1.54) is 0 Å². The minimum Gasteiger partial charge on any atom is -0.478 e. The number of hydrogen-bond donors (Lipinski definition) is 0. The van der Waals surface area contributed by atoms with Crippen molar-refractivity contribution in [2.75, 3.05) is 13.2 Å². The zero-order chi connectivity index (χ0) is 23.6. The van der Waals surface area contributed by atoms with Crippen LogP contribution in [0.2, 0.25) is 0 Å². The maximum absolute atomic E-state index is 5.81. The summed E-state index contributed by atoms with van der Waals surface area (Å²) in [4.78, 5) is 9.34. The highest BCUT2D eigenvalue weighted by molar-refractivity contribution is 5.97. The van der Waals surface area contributed by atoms with E-state index in [0.717, 1.165) is 33.6 Å². The first-order chi connectivity index (χ1) is 16.8. The van der Waals surface area contributed by atoms with Gasteiger partial charge in [0.15, 0.2) is 0 Å². The first-order valence-electron chi connectivity index (χ1n) is 11.5. The summed E-state index contributed by atoms with van der Waals surface area (Å²) >= 11 is 0. The minimum absolute atomic E-state index is 0.557. The summed E-state index contributed by atoms with van der Waals surface area (Å²) in [6, 6.07) is 36.2. The third kappa shape index (κ3) is 5.99. The van der Waals surface area contributed by atoms with Crippen molar-refractivity contribution in [1.29, 1.82) is 0 Å². The predicted octanol–water partition coefficient (Wildman–Crippen LogP) is 7.58. The normalized spacial score (nSPS) is 11.8. The molecular weight excluding hydrogens is 420 g/mol. The van der Waals surface area contributed by atoms with E-state index in [-0.39, 0.29) is 0 Å². The largest absolute Gasteiger partial charge is 0.478 e. The second-order valence-corrected chi connectivity index (χ2v) is 7.53. The molecule has 0 fully saturated rings. The van der Waals surface area contributed by atoms with Crippen LogP contribution in [0.4, 0.5) is 11.4 Å². The Morgan fingerprint density at radius 2 is 0.853 bits per heavy atom. The molecule has 0 aromatic heterocycles. The number of nitrogens with zero attached hydrogens (tertiary/aromatic N) is 2. The lowest BCUT2D eigenvalue weighted by Gasteiger charge is -2.10. The lowest BCUT2D eigenvalue weighted by atomic mass is 10.0. The van der Waals surface area contributed by atoms with Crippen LogP contribution in [0.15, 0.2) is 119 Å². The molecule has 0 radical (unpaired) electrons. The first-order valence-corrected chi connectivity index (χ1v) is 11.5. The predicted molar refractivity (Wildman–Crippen MR) is 140 cm³/mol. The van der Waals surface area contributed by atoms with Gasteiger partial charge in [-0.2, -0.15) is 0 Å². The van der Waals surface area contributed by atoms with Gasteiger partial charge in [-0.15, -0.1) is 0 Å². The monoisotopic (exact) mass is 448 g/mol. The molecule has 0 heterocycles. The molecule has 4 aromatic carbocycles. The van der Waals surface area contributed by atoms with Gasteiger partial charge in [-0.25, -0.2) is 9.98 Å². The molecule has 4 aromatic rings. The van der Waals surface area contributed by atoms with E-state index in [9.17, 15) is 0 Å². The van der Waals surface area contributed by atoms with Gasteiger partial charge in [0.1, 0.15) is 0 Å². The summed E-state index contributed by atoms with van der Waals surface area (Å²) in [5, 5.41) is 0. The number of benzene rings is 4. The standard InChI is InChI=1S/C30H28N2O2/c1-3-33-29(31-27-11-7-5-8-12-27)25-19-15-23(16-20-25)24-17-21-26(22-18-24)30(34-4-2)32-28-13-9-6-10-14-28/h5-22H,3-4H2,1-2H3/b31-29-,32-30-. The van der Waals surface area contributed by atoms with E-state index in [2.05, 4.69) is 34.3 Å². The van der Waals surface area contributed by atoms with Crippen molar-refractivity contribution in [3.63, 3.8) is 0 Å². The van der Waals surface area contributed by atoms with Gasteiger partial charge in [0.25, 0.3) is 0 Å². The number of para-hydroxylation sites is 2. The molecule has 4 heteroatoms. The highest BCUT2D eigenvalue weighted by Gasteiger charge is 2.08. The van der Waals surface area contributed by atoms with Crippen molar-refractivity contribution < 1.29 is 9.47 Å². The molecule has 0 amide bonds. The molecule has 0 bridgehead atoms. The molecule has 0 saturated carbocycles. The summed E-state index contributed by atoms with van der Waals surface area (Å²) in [6.45, 7) is 5.05. The first kappa shape index (κ1) is 23.0. The van der Waals surface area contributed by atoms with Crippen LogP contribution in [0, 0.1) is 0 Å². The van der Waals surface area contributed by atoms with E-state index in [0.29, 0.717) is 25.0 Å². The van der Waals surface area contributed by atoms with Crippen LogP contribution in [0.5, 0.6) is 0 Å². The van der Waals surface area contributed by atoms with Crippen molar-refractivity contribution in [2.24, 2.45) is 9.98 Å². The quantitative estimate of drug-likeness (QED) is 0.216. The van der Waals surface area contributed by atoms with E-state index in [4.69, 9.17) is 9.47 Å². The highest BCUT2D eigenvalue weighted by atomic mass is 16.5. The van der Waals surface area contributed by atoms with Crippen molar-refractivity contribution >= 4 is 23.2 Å². The van der Waals surface area contributed by atoms with Crippen LogP contribution in [-0.4, -0.2) is 25.0 Å². The Kier molecular flexibility index (Phi) is 7.86. The zero-order valence-corrected chi connectivity index (χ0v) is 19.5. The summed E-state index contributed by atoms with van der Waals surface area (Å²) in [6.07, 6.45) is 0. The summed E-state index contributed by atoms with van der Waals surface area (Å²) in [7, 11) is 0. The number of rotatable bonds is 7. The number of ether oxygens (including phenoxy) is 2. The molecule has 0 saturated heterocycles. The SMILES string of the molecule is CCO/C(=N\c1ccccc1)c1ccc(-c2ccc(/C(=N/c3ccccc3)OCC)cc2)cc1. The topological polar surface area (TPSA) is 43.2 Å². The van der Waals surface area contributed by atoms with Gasteiger partial charge in [-0.3, -0.25) is 0 Å². The van der Waals surface area contributed by atoms with Gasteiger partial charge in [-0.1, -0.05) is 60.7 Å². The van der Waals surface area contributed by atoms with Gasteiger partial charge >= 0.3 is 0 Å². The molecule has 0 unspecified atom stereocenters. The lowest BCUT2D eigenvalue weighted by Crippen LogP contribution is -2.06. The van der Waals surface area contributed by atoms with Crippen molar-refractivity contribution in [2.45, 2.75) is 13.8 Å². The molecule has 0 N–H and O–H groups in total. The molecule has 0 atom stereocenters. The molecule has 0 aliphatic rings. The minimum atomic E-state index is 0.557. The second-order valence-electron chi connectivity index (χ2n) is 7.53. The van der Waals surface area contributed by atoms with Gasteiger partial charge < -0.3 is 9.47 Å². The molecule has 4 nitrogen and oxygen atoms in total. The van der Waals surface area contributed by atoms with Gasteiger partial charge in [0.05, 0.1) is 24.6 Å². The van der Waals surface area contributed by atoms with Crippen molar-refractivity contribution in [1.82, 2.24) is 0 Å². The van der Waals surface area contributed by atoms with Crippen LogP contribution < -0.4 is 0 Å². The van der Waals surface area contributed by atoms with E-state index >= 15 is 0 Å². The molecule has 4 rings (SSSR count). The Morgan fingerprint density at radius 3 is 1.18 bits per heavy atom. The fourth-order valence-corrected chi connectivity index (χ4v) is 3.48. The summed E-state index contributed by atoms with van der Waals surface area (Å²) < 4.78 is 11.6. The fraction of sp³-hybridized carbons (Fsp3) is 0.133. The Bertz CT molecular complexity index is 1130. The zero-order valence-electron chi connectivity index (χ0n) is 19.5. The third-order valence-electron chi connectivity index (χ3n) is 5.13. The molecule has 0 aliphatic heterocycles. The average Bonchev–Trinajstić information content (AvgIpc) is 2.90. The van der Waals surface area contributed by atoms with E-state index in [1.54, 1.807) is 0 Å². The molecule has 170 valence electrons. The fourth-order valence-electron chi connectivity index (χ4n) is 3.48. The van der Waals surface area contributed by atoms with Gasteiger partial charge in [0.2, 0.25) is 11.8 Å². The average molecular weight is 449 g/mol. The number of hydrogen-bond acceptors (Lipinski definition) is 4. The van der Waals surface area contributed by atoms with Crippen LogP contribution in [0.1, 0.15) is 25.0 Å². The highest BCUT2D eigenvalue weighted by Crippen LogP contribution is 2.23. The van der Waals surface area contributed by atoms with Crippen LogP contribution in [0.25, 0.3) is 11.1 Å². The van der Waals surface area contributed by atoms with Crippen LogP contribution in [0.3, 0.4) is 0 Å². The van der Waals surface area contributed by atoms with Crippen LogP contribution in [-0.2, 0) is 9.47 Å². The Hall–Kier alpha value is -4.18. The Balaban J connectivity index is 1.56. The molecule has 0 aliphatic carbocycles. The van der Waals surface area contributed by atoms with Gasteiger partial charge in [-0.05, 0) is 73.5 Å². The smallest absolute Gasteiger partial charge is 0.221 e. The lowest BCUT2D eigenvalue weighted by molar-refractivity contribution is 0.328. The third-order valence-corrected chi connectivity index (χ3v) is 5.13. The second kappa shape index (κ2) is 11.6. The Labute approximate surface area is 201 Å². The molecular formula is C30H28N2O2. The van der Waals surface area contributed by atoms with Crippen molar-refractivity contribution in [3.8, 4) is 11.1 Å². The molecule has 0 spiro atoms. The van der Waals surface area contributed by atoms with Gasteiger partial charge in [0, 0.05) is 11.1 Å². The van der Waals surface area contributed by atoms with Crippen molar-refractivity contribution in [3.05, 3.63) is 120 Å². The maximum atomic E-state index is 5.81. The summed E-state index contributed by atoms with van der Waals surface area (Å²) in [5.41, 5.74) is 5.85. The number of aliphatic imine (C=N–C) groups is 2. The van der Waals surface area contributed by atoms with E-state index in [1.807, 2.05) is 98.8 Å². The molecule has 34 heavy (non-hydrogen) atoms. The Morgan fingerprint density at radius 1 is 0.500 bits per heavy atom. The van der Waals surface area contributed by atoms with E-state index < -0.39 is 0 Å². The van der Waals surface area contributed by atoms with Crippen LogP contribution >= 0.6 is 0 Å².